The second-order valence-corrected chi connectivity index (χ2v) is 6.03. The van der Waals surface area contributed by atoms with Gasteiger partial charge in [0.25, 0.3) is 0 Å². The fourth-order valence-electron chi connectivity index (χ4n) is 3.10. The second-order valence-electron chi connectivity index (χ2n) is 6.03. The fraction of sp³-hybridized carbons (Fsp3) is 0.263. The van der Waals surface area contributed by atoms with Crippen molar-refractivity contribution >= 4 is 23.2 Å². The van der Waals surface area contributed by atoms with E-state index < -0.39 is 5.91 Å². The van der Waals surface area contributed by atoms with Crippen LogP contribution in [0.5, 0.6) is 17.2 Å². The number of hydrogen-bond donors (Lipinski definition) is 2. The van der Waals surface area contributed by atoms with E-state index in [1.165, 1.54) is 0 Å². The number of benzene rings is 2. The highest BCUT2D eigenvalue weighted by Crippen LogP contribution is 2.39. The SMILES string of the molecule is COc1cc(CN2CC(=O)Nc3cc(C(N)=O)ccc32)cc(OC)c1OC. The molecule has 1 aliphatic heterocycles. The van der Waals surface area contributed by atoms with Crippen molar-refractivity contribution in [2.24, 2.45) is 5.73 Å². The molecule has 0 spiro atoms. The minimum Gasteiger partial charge on any atom is -0.493 e. The van der Waals surface area contributed by atoms with Crippen molar-refractivity contribution in [2.45, 2.75) is 6.54 Å². The van der Waals surface area contributed by atoms with Crippen molar-refractivity contribution in [3.05, 3.63) is 41.5 Å². The minimum absolute atomic E-state index is 0.170. The smallest absolute Gasteiger partial charge is 0.248 e. The summed E-state index contributed by atoms with van der Waals surface area (Å²) < 4.78 is 16.1. The van der Waals surface area contributed by atoms with Gasteiger partial charge in [0.05, 0.1) is 39.2 Å². The van der Waals surface area contributed by atoms with Gasteiger partial charge in [-0.3, -0.25) is 9.59 Å². The monoisotopic (exact) mass is 371 g/mol. The van der Waals surface area contributed by atoms with Crippen molar-refractivity contribution in [1.82, 2.24) is 0 Å². The molecule has 0 aromatic heterocycles. The Labute approximate surface area is 156 Å². The molecule has 27 heavy (non-hydrogen) atoms. The van der Waals surface area contributed by atoms with Gasteiger partial charge in [-0.1, -0.05) is 0 Å². The molecule has 0 atom stereocenters. The van der Waals surface area contributed by atoms with Crippen LogP contribution in [-0.2, 0) is 11.3 Å². The normalized spacial score (nSPS) is 12.9. The van der Waals surface area contributed by atoms with Crippen LogP contribution in [0, 0.1) is 0 Å². The number of hydrogen-bond acceptors (Lipinski definition) is 6. The molecule has 0 aliphatic carbocycles. The van der Waals surface area contributed by atoms with E-state index >= 15 is 0 Å². The summed E-state index contributed by atoms with van der Waals surface area (Å²) in [6, 6.07) is 8.67. The van der Waals surface area contributed by atoms with Crippen molar-refractivity contribution in [3.8, 4) is 17.2 Å². The number of methoxy groups -OCH3 is 3. The number of anilines is 2. The maximum Gasteiger partial charge on any atom is 0.248 e. The molecule has 2 aromatic rings. The van der Waals surface area contributed by atoms with E-state index in [2.05, 4.69) is 5.32 Å². The molecular weight excluding hydrogens is 350 g/mol. The predicted molar refractivity (Wildman–Crippen MR) is 101 cm³/mol. The Morgan fingerprint density at radius 3 is 2.33 bits per heavy atom. The number of primary amides is 1. The first-order chi connectivity index (χ1) is 13.0. The lowest BCUT2D eigenvalue weighted by Crippen LogP contribution is -2.37. The van der Waals surface area contributed by atoms with Gasteiger partial charge in [0, 0.05) is 12.1 Å². The van der Waals surface area contributed by atoms with E-state index in [9.17, 15) is 9.59 Å². The van der Waals surface area contributed by atoms with Gasteiger partial charge < -0.3 is 30.2 Å². The van der Waals surface area contributed by atoms with Crippen LogP contribution in [0.2, 0.25) is 0 Å². The van der Waals surface area contributed by atoms with E-state index in [1.54, 1.807) is 39.5 Å². The molecule has 0 saturated carbocycles. The lowest BCUT2D eigenvalue weighted by atomic mass is 10.1. The van der Waals surface area contributed by atoms with Crippen LogP contribution in [0.15, 0.2) is 30.3 Å². The quantitative estimate of drug-likeness (QED) is 0.802. The number of nitrogens with zero attached hydrogens (tertiary/aromatic N) is 1. The molecule has 0 bridgehead atoms. The minimum atomic E-state index is -0.547. The van der Waals surface area contributed by atoms with Gasteiger partial charge in [-0.05, 0) is 35.9 Å². The van der Waals surface area contributed by atoms with Crippen LogP contribution in [0.25, 0.3) is 0 Å². The number of carbonyl (C=O) groups excluding carboxylic acids is 2. The molecule has 3 N–H and O–H groups in total. The lowest BCUT2D eigenvalue weighted by molar-refractivity contribution is -0.115. The molecule has 1 heterocycles. The van der Waals surface area contributed by atoms with Gasteiger partial charge >= 0.3 is 0 Å². The Morgan fingerprint density at radius 1 is 1.11 bits per heavy atom. The first-order valence-electron chi connectivity index (χ1n) is 8.24. The van der Waals surface area contributed by atoms with Crippen LogP contribution in [0.1, 0.15) is 15.9 Å². The number of fused-ring (bicyclic) bond motifs is 1. The van der Waals surface area contributed by atoms with E-state index in [1.807, 2.05) is 17.0 Å². The summed E-state index contributed by atoms with van der Waals surface area (Å²) in [5.74, 6) is 0.868. The molecule has 8 heteroatoms. The van der Waals surface area contributed by atoms with Crippen LogP contribution in [-0.4, -0.2) is 39.7 Å². The Morgan fingerprint density at radius 2 is 1.78 bits per heavy atom. The number of amides is 2. The number of carbonyl (C=O) groups is 2. The summed E-state index contributed by atoms with van der Waals surface area (Å²) >= 11 is 0. The van der Waals surface area contributed by atoms with Gasteiger partial charge in [0.1, 0.15) is 0 Å². The standard InChI is InChI=1S/C19H21N3O5/c1-25-15-6-11(7-16(26-2)18(15)27-3)9-22-10-17(23)21-13-8-12(19(20)24)4-5-14(13)22/h4-8H,9-10H2,1-3H3,(H2,20,24)(H,21,23). The average Bonchev–Trinajstić information content (AvgIpc) is 2.66. The topological polar surface area (TPSA) is 103 Å². The Hall–Kier alpha value is -3.42. The predicted octanol–water partition coefficient (Wildman–Crippen LogP) is 1.77. The van der Waals surface area contributed by atoms with Crippen molar-refractivity contribution < 1.29 is 23.8 Å². The third-order valence-electron chi connectivity index (χ3n) is 4.33. The summed E-state index contributed by atoms with van der Waals surface area (Å²) in [5, 5.41) is 2.78. The summed E-state index contributed by atoms with van der Waals surface area (Å²) in [7, 11) is 4.65. The summed E-state index contributed by atoms with van der Waals surface area (Å²) in [5.41, 5.74) is 7.89. The first kappa shape index (κ1) is 18.4. The van der Waals surface area contributed by atoms with E-state index in [0.717, 1.165) is 11.3 Å². The number of ether oxygens (including phenoxy) is 3. The van der Waals surface area contributed by atoms with Crippen LogP contribution in [0.3, 0.4) is 0 Å². The van der Waals surface area contributed by atoms with E-state index in [-0.39, 0.29) is 12.5 Å². The van der Waals surface area contributed by atoms with Gasteiger partial charge in [0.15, 0.2) is 11.5 Å². The van der Waals surface area contributed by atoms with E-state index in [0.29, 0.717) is 35.0 Å². The van der Waals surface area contributed by atoms with Crippen molar-refractivity contribution in [2.75, 3.05) is 38.1 Å². The molecule has 2 aromatic carbocycles. The average molecular weight is 371 g/mol. The zero-order valence-electron chi connectivity index (χ0n) is 15.4. The summed E-state index contributed by atoms with van der Waals surface area (Å²) in [6.45, 7) is 0.618. The highest BCUT2D eigenvalue weighted by Gasteiger charge is 2.24. The number of rotatable bonds is 6. The zero-order valence-corrected chi connectivity index (χ0v) is 15.4. The van der Waals surface area contributed by atoms with Gasteiger partial charge in [-0.2, -0.15) is 0 Å². The summed E-state index contributed by atoms with van der Waals surface area (Å²) in [4.78, 5) is 25.4. The molecule has 1 aliphatic rings. The molecular formula is C19H21N3O5. The number of nitrogens with two attached hydrogens (primary N) is 1. The molecule has 0 unspecified atom stereocenters. The molecule has 3 rings (SSSR count). The first-order valence-corrected chi connectivity index (χ1v) is 8.24. The highest BCUT2D eigenvalue weighted by molar-refractivity contribution is 6.03. The third kappa shape index (κ3) is 3.59. The van der Waals surface area contributed by atoms with Gasteiger partial charge in [-0.25, -0.2) is 0 Å². The lowest BCUT2D eigenvalue weighted by Gasteiger charge is -2.31. The molecule has 8 nitrogen and oxygen atoms in total. The Bertz CT molecular complexity index is 872. The summed E-state index contributed by atoms with van der Waals surface area (Å²) in [6.07, 6.45) is 0. The highest BCUT2D eigenvalue weighted by atomic mass is 16.5. The maximum atomic E-state index is 12.1. The van der Waals surface area contributed by atoms with E-state index in [4.69, 9.17) is 19.9 Å². The molecule has 142 valence electrons. The molecule has 0 radical (unpaired) electrons. The molecule has 0 fully saturated rings. The van der Waals surface area contributed by atoms with Crippen LogP contribution in [0.4, 0.5) is 11.4 Å². The van der Waals surface area contributed by atoms with Crippen molar-refractivity contribution in [1.29, 1.82) is 0 Å². The van der Waals surface area contributed by atoms with Gasteiger partial charge in [0.2, 0.25) is 17.6 Å². The molecule has 0 saturated heterocycles. The maximum absolute atomic E-state index is 12.1. The van der Waals surface area contributed by atoms with Crippen LogP contribution >= 0.6 is 0 Å². The largest absolute Gasteiger partial charge is 0.493 e. The Kier molecular flexibility index (Phi) is 5.07. The van der Waals surface area contributed by atoms with Crippen molar-refractivity contribution in [3.63, 3.8) is 0 Å². The number of nitrogens with one attached hydrogen (secondary N) is 1. The fourth-order valence-corrected chi connectivity index (χ4v) is 3.10. The Balaban J connectivity index is 1.97. The van der Waals surface area contributed by atoms with Gasteiger partial charge in [-0.15, -0.1) is 0 Å². The third-order valence-corrected chi connectivity index (χ3v) is 4.33. The zero-order chi connectivity index (χ0) is 19.6. The molecule has 2 amide bonds. The second kappa shape index (κ2) is 7.45. The van der Waals surface area contributed by atoms with Crippen LogP contribution < -0.4 is 30.2 Å².